The Morgan fingerprint density at radius 1 is 1.22 bits per heavy atom. The molecular formula is C16H17ClN4OS. The summed E-state index contributed by atoms with van der Waals surface area (Å²) in [5.74, 6) is 1.49. The quantitative estimate of drug-likeness (QED) is 0.837. The summed E-state index contributed by atoms with van der Waals surface area (Å²) in [6.07, 6.45) is 7.42. The molecule has 3 fully saturated rings. The number of nitrogens with zero attached hydrogens (tertiary/aromatic N) is 4. The molecule has 3 saturated heterocycles. The van der Waals surface area contributed by atoms with Crippen molar-refractivity contribution in [3.05, 3.63) is 39.9 Å². The van der Waals surface area contributed by atoms with E-state index in [1.165, 1.54) is 11.3 Å². The molecule has 0 aromatic carbocycles. The minimum Gasteiger partial charge on any atom is -0.353 e. The van der Waals surface area contributed by atoms with Crippen LogP contribution >= 0.6 is 22.9 Å². The summed E-state index contributed by atoms with van der Waals surface area (Å²) < 4.78 is 0.662. The Morgan fingerprint density at radius 3 is 2.87 bits per heavy atom. The molecule has 7 heteroatoms. The highest BCUT2D eigenvalue weighted by Gasteiger charge is 2.38. The lowest BCUT2D eigenvalue weighted by Gasteiger charge is -2.35. The molecule has 5 rings (SSSR count). The van der Waals surface area contributed by atoms with Gasteiger partial charge >= 0.3 is 0 Å². The first kappa shape index (κ1) is 14.9. The molecule has 5 nitrogen and oxygen atoms in total. The maximum Gasteiger partial charge on any atom is 0.264 e. The van der Waals surface area contributed by atoms with Gasteiger partial charge in [-0.05, 0) is 30.9 Å². The molecule has 2 atom stereocenters. The van der Waals surface area contributed by atoms with Gasteiger partial charge in [-0.15, -0.1) is 11.3 Å². The molecule has 120 valence electrons. The summed E-state index contributed by atoms with van der Waals surface area (Å²) in [5, 5.41) is 0. The molecule has 0 radical (unpaired) electrons. The first-order valence-electron chi connectivity index (χ1n) is 7.78. The van der Waals surface area contributed by atoms with Crippen LogP contribution in [0.15, 0.2) is 30.7 Å². The predicted molar refractivity (Wildman–Crippen MR) is 91.1 cm³/mol. The molecule has 0 N–H and O–H groups in total. The Balaban J connectivity index is 1.57. The maximum atomic E-state index is 12.8. The molecule has 0 unspecified atom stereocenters. The molecule has 23 heavy (non-hydrogen) atoms. The van der Waals surface area contributed by atoms with Crippen LogP contribution in [-0.4, -0.2) is 46.5 Å². The zero-order valence-electron chi connectivity index (χ0n) is 12.6. The van der Waals surface area contributed by atoms with E-state index < -0.39 is 0 Å². The molecule has 1 amide bonds. The lowest BCUT2D eigenvalue weighted by atomic mass is 9.95. The molecule has 2 aromatic rings. The monoisotopic (exact) mass is 348 g/mol. The van der Waals surface area contributed by atoms with Crippen molar-refractivity contribution in [2.24, 2.45) is 5.92 Å². The third-order valence-electron chi connectivity index (χ3n) is 4.63. The number of anilines is 1. The van der Waals surface area contributed by atoms with E-state index in [1.807, 2.05) is 11.0 Å². The van der Waals surface area contributed by atoms with Gasteiger partial charge in [0.05, 0.1) is 15.4 Å². The van der Waals surface area contributed by atoms with Gasteiger partial charge in [0.15, 0.2) is 0 Å². The Hall–Kier alpha value is -1.66. The number of aromatic nitrogens is 2. The van der Waals surface area contributed by atoms with Crippen LogP contribution < -0.4 is 4.90 Å². The molecule has 2 bridgehead atoms. The van der Waals surface area contributed by atoms with E-state index in [2.05, 4.69) is 14.9 Å². The van der Waals surface area contributed by atoms with Crippen LogP contribution in [0.1, 0.15) is 22.5 Å². The van der Waals surface area contributed by atoms with Crippen molar-refractivity contribution in [3.63, 3.8) is 0 Å². The molecule has 0 aliphatic carbocycles. The van der Waals surface area contributed by atoms with E-state index in [0.29, 0.717) is 10.3 Å². The largest absolute Gasteiger partial charge is 0.353 e. The number of thiophene rings is 1. The normalized spacial score (nSPS) is 23.9. The van der Waals surface area contributed by atoms with Crippen LogP contribution in [0, 0.1) is 5.92 Å². The summed E-state index contributed by atoms with van der Waals surface area (Å²) in [6.45, 7) is 2.57. The van der Waals surface area contributed by atoms with Gasteiger partial charge in [-0.2, -0.15) is 0 Å². The third kappa shape index (κ3) is 2.93. The fraction of sp³-hybridized carbons (Fsp3) is 0.438. The van der Waals surface area contributed by atoms with Crippen LogP contribution in [0.25, 0.3) is 0 Å². The Kier molecular flexibility index (Phi) is 3.95. The summed E-state index contributed by atoms with van der Waals surface area (Å²) in [6, 6.07) is 3.85. The molecule has 0 saturated carbocycles. The van der Waals surface area contributed by atoms with Gasteiger partial charge in [-0.3, -0.25) is 9.78 Å². The number of hydrogen-bond acceptors (Lipinski definition) is 5. The van der Waals surface area contributed by atoms with E-state index in [0.717, 1.165) is 43.2 Å². The number of carbonyl (C=O) groups excluding carboxylic acids is 1. The van der Waals surface area contributed by atoms with Gasteiger partial charge in [0.2, 0.25) is 0 Å². The van der Waals surface area contributed by atoms with Crippen molar-refractivity contribution in [1.29, 1.82) is 0 Å². The van der Waals surface area contributed by atoms with Crippen molar-refractivity contribution in [3.8, 4) is 0 Å². The number of piperidine rings is 1. The van der Waals surface area contributed by atoms with Gasteiger partial charge in [0, 0.05) is 38.1 Å². The van der Waals surface area contributed by atoms with E-state index in [1.54, 1.807) is 24.7 Å². The van der Waals surface area contributed by atoms with Crippen LogP contribution in [0.3, 0.4) is 0 Å². The van der Waals surface area contributed by atoms with Crippen LogP contribution in [-0.2, 0) is 0 Å². The second-order valence-corrected chi connectivity index (χ2v) is 7.84. The Morgan fingerprint density at radius 2 is 2.13 bits per heavy atom. The summed E-state index contributed by atoms with van der Waals surface area (Å²) in [7, 11) is 0. The Labute approximate surface area is 143 Å². The van der Waals surface area contributed by atoms with Crippen LogP contribution in [0.2, 0.25) is 4.34 Å². The topological polar surface area (TPSA) is 49.3 Å². The maximum absolute atomic E-state index is 12.8. The van der Waals surface area contributed by atoms with Gasteiger partial charge in [0.1, 0.15) is 5.82 Å². The van der Waals surface area contributed by atoms with Crippen molar-refractivity contribution < 1.29 is 4.79 Å². The van der Waals surface area contributed by atoms with Crippen molar-refractivity contribution in [1.82, 2.24) is 14.9 Å². The van der Waals surface area contributed by atoms with Crippen LogP contribution in [0.5, 0.6) is 0 Å². The first-order chi connectivity index (χ1) is 11.2. The second kappa shape index (κ2) is 6.09. The summed E-state index contributed by atoms with van der Waals surface area (Å²) >= 11 is 7.34. The minimum absolute atomic E-state index is 0.109. The molecule has 3 aliphatic rings. The van der Waals surface area contributed by atoms with E-state index in [4.69, 9.17) is 11.6 Å². The van der Waals surface area contributed by atoms with Crippen molar-refractivity contribution in [2.75, 3.05) is 24.5 Å². The van der Waals surface area contributed by atoms with E-state index in [-0.39, 0.29) is 11.9 Å². The van der Waals surface area contributed by atoms with Gasteiger partial charge in [0.25, 0.3) is 5.91 Å². The standard InChI is InChI=1S/C16H17ClN4OS/c17-14-4-3-13(23-14)16(22)21-9-11-1-2-12(21)10-20(8-11)15-7-18-5-6-19-15/h3-7,11-12H,1-2,8-10H2/t11-,12+/m0/s1. The zero-order valence-corrected chi connectivity index (χ0v) is 14.1. The fourth-order valence-electron chi connectivity index (χ4n) is 3.54. The van der Waals surface area contributed by atoms with E-state index in [9.17, 15) is 4.79 Å². The first-order valence-corrected chi connectivity index (χ1v) is 8.97. The Bertz CT molecular complexity index is 707. The van der Waals surface area contributed by atoms with Crippen molar-refractivity contribution >= 4 is 34.7 Å². The number of fused-ring (bicyclic) bond motifs is 4. The third-order valence-corrected chi connectivity index (χ3v) is 5.85. The molecule has 5 heterocycles. The average Bonchev–Trinajstić information content (AvgIpc) is 2.82. The number of amides is 1. The van der Waals surface area contributed by atoms with Crippen molar-refractivity contribution in [2.45, 2.75) is 18.9 Å². The highest BCUT2D eigenvalue weighted by atomic mass is 35.5. The number of carbonyl (C=O) groups is 1. The average molecular weight is 349 g/mol. The zero-order chi connectivity index (χ0) is 15.8. The number of halogens is 1. The van der Waals surface area contributed by atoms with Gasteiger partial charge in [-0.1, -0.05) is 11.6 Å². The predicted octanol–water partition coefficient (Wildman–Crippen LogP) is 2.93. The van der Waals surface area contributed by atoms with Gasteiger partial charge < -0.3 is 9.80 Å². The number of rotatable bonds is 2. The van der Waals surface area contributed by atoms with Gasteiger partial charge in [-0.25, -0.2) is 4.98 Å². The molecule has 0 spiro atoms. The molecule has 3 aliphatic heterocycles. The highest BCUT2D eigenvalue weighted by Crippen LogP contribution is 2.32. The summed E-state index contributed by atoms with van der Waals surface area (Å²) in [4.78, 5) is 26.4. The lowest BCUT2D eigenvalue weighted by Crippen LogP contribution is -2.47. The molecule has 2 aromatic heterocycles. The fourth-order valence-corrected chi connectivity index (χ4v) is 4.54. The molecular weight excluding hydrogens is 332 g/mol. The summed E-state index contributed by atoms with van der Waals surface area (Å²) in [5.41, 5.74) is 0. The van der Waals surface area contributed by atoms with E-state index >= 15 is 0 Å². The lowest BCUT2D eigenvalue weighted by molar-refractivity contribution is 0.0597. The number of hydrogen-bond donors (Lipinski definition) is 0. The highest BCUT2D eigenvalue weighted by molar-refractivity contribution is 7.17. The minimum atomic E-state index is 0.109. The SMILES string of the molecule is O=C(c1ccc(Cl)s1)N1C[C@H]2CC[C@@H]1CN(c1cnccn1)C2. The second-order valence-electron chi connectivity index (χ2n) is 6.13. The van der Waals surface area contributed by atoms with Crippen LogP contribution in [0.4, 0.5) is 5.82 Å². The smallest absolute Gasteiger partial charge is 0.264 e.